The zero-order chi connectivity index (χ0) is 20.8. The molecule has 0 bridgehead atoms. The fraction of sp³-hybridized carbons (Fsp3) is 0.300. The summed E-state index contributed by atoms with van der Waals surface area (Å²) in [6.07, 6.45) is 0. The molecule has 0 unspecified atom stereocenters. The number of anilines is 2. The first-order valence-corrected chi connectivity index (χ1v) is 9.82. The maximum atomic E-state index is 12.3. The zero-order valence-electron chi connectivity index (χ0n) is 16.1. The number of rotatable bonds is 5. The average Bonchev–Trinajstić information content (AvgIpc) is 2.74. The van der Waals surface area contributed by atoms with Gasteiger partial charge in [-0.15, -0.1) is 0 Å². The van der Waals surface area contributed by atoms with Crippen LogP contribution in [-0.4, -0.2) is 53.6 Å². The third kappa shape index (κ3) is 5.27. The summed E-state index contributed by atoms with van der Waals surface area (Å²) in [4.78, 5) is 27.6. The normalized spacial score (nSPS) is 14.3. The van der Waals surface area contributed by atoms with Crippen molar-refractivity contribution in [2.24, 2.45) is 0 Å². The third-order valence-corrected chi connectivity index (χ3v) is 5.09. The molecule has 9 heteroatoms. The van der Waals surface area contributed by atoms with E-state index in [2.05, 4.69) is 27.4 Å². The fourth-order valence-electron chi connectivity index (χ4n) is 3.24. The summed E-state index contributed by atoms with van der Waals surface area (Å²) < 4.78 is 0. The lowest BCUT2D eigenvalue weighted by Gasteiger charge is -2.35. The largest absolute Gasteiger partial charge is 0.369 e. The maximum absolute atomic E-state index is 12.3. The molecule has 2 aromatic carbocycles. The Balaban J connectivity index is 1.57. The zero-order valence-corrected chi connectivity index (χ0v) is 16.9. The van der Waals surface area contributed by atoms with E-state index in [1.54, 1.807) is 6.07 Å². The second-order valence-electron chi connectivity index (χ2n) is 6.65. The molecule has 29 heavy (non-hydrogen) atoms. The Kier molecular flexibility index (Phi) is 6.73. The Morgan fingerprint density at radius 3 is 2.38 bits per heavy atom. The molecule has 152 valence electrons. The quantitative estimate of drug-likeness (QED) is 0.442. The number of benzene rings is 2. The van der Waals surface area contributed by atoms with Crippen molar-refractivity contribution < 1.29 is 9.72 Å². The summed E-state index contributed by atoms with van der Waals surface area (Å²) in [6, 6.07) is 13.6. The average molecular weight is 414 g/mol. The minimum absolute atomic E-state index is 0.0387. The highest BCUT2D eigenvalue weighted by atomic mass is 32.1. The predicted molar refractivity (Wildman–Crippen MR) is 118 cm³/mol. The van der Waals surface area contributed by atoms with Crippen LogP contribution in [0.4, 0.5) is 17.1 Å². The molecule has 1 aliphatic heterocycles. The topological polar surface area (TPSA) is 90.8 Å². The SMILES string of the molecule is CCN1CCN(c2ccc(NC(=S)NC(=O)c3ccccc3[N+](=O)[O-])cc2)CC1. The van der Waals surface area contributed by atoms with E-state index >= 15 is 0 Å². The Labute approximate surface area is 174 Å². The molecule has 1 aliphatic rings. The Hall–Kier alpha value is -3.04. The molecule has 1 saturated heterocycles. The number of likely N-dealkylation sites (N-methyl/N-ethyl adjacent to an activating group) is 1. The molecule has 0 saturated carbocycles. The highest BCUT2D eigenvalue weighted by Crippen LogP contribution is 2.20. The standard InChI is InChI=1S/C20H23N5O3S/c1-2-23-11-13-24(14-12-23)16-9-7-15(8-10-16)21-20(29)22-19(26)17-5-3-4-6-18(17)25(27)28/h3-10H,2,11-14H2,1H3,(H2,21,22,26,29). The lowest BCUT2D eigenvalue weighted by atomic mass is 10.1. The van der Waals surface area contributed by atoms with Gasteiger partial charge in [-0.05, 0) is 49.1 Å². The molecule has 1 amide bonds. The number of piperazine rings is 1. The summed E-state index contributed by atoms with van der Waals surface area (Å²) in [5, 5.41) is 16.6. The van der Waals surface area contributed by atoms with E-state index in [0.29, 0.717) is 0 Å². The van der Waals surface area contributed by atoms with Crippen LogP contribution < -0.4 is 15.5 Å². The molecule has 0 radical (unpaired) electrons. The van der Waals surface area contributed by atoms with E-state index in [1.807, 2.05) is 24.3 Å². The molecule has 1 heterocycles. The summed E-state index contributed by atoms with van der Waals surface area (Å²) in [5.41, 5.74) is 1.57. The molecule has 0 spiro atoms. The Bertz CT molecular complexity index is 895. The Morgan fingerprint density at radius 1 is 1.10 bits per heavy atom. The van der Waals surface area contributed by atoms with Crippen LogP contribution in [0, 0.1) is 10.1 Å². The van der Waals surface area contributed by atoms with Gasteiger partial charge in [0.1, 0.15) is 5.56 Å². The highest BCUT2D eigenvalue weighted by Gasteiger charge is 2.20. The van der Waals surface area contributed by atoms with Crippen molar-refractivity contribution in [1.29, 1.82) is 0 Å². The first kappa shape index (κ1) is 20.7. The van der Waals surface area contributed by atoms with Crippen molar-refractivity contribution in [3.63, 3.8) is 0 Å². The van der Waals surface area contributed by atoms with Crippen LogP contribution in [0.5, 0.6) is 0 Å². The molecule has 1 fully saturated rings. The smallest absolute Gasteiger partial charge is 0.282 e. The van der Waals surface area contributed by atoms with E-state index in [9.17, 15) is 14.9 Å². The monoisotopic (exact) mass is 413 g/mol. The highest BCUT2D eigenvalue weighted by molar-refractivity contribution is 7.80. The van der Waals surface area contributed by atoms with Crippen LogP contribution in [0.1, 0.15) is 17.3 Å². The number of carbonyl (C=O) groups is 1. The number of hydrogen-bond donors (Lipinski definition) is 2. The van der Waals surface area contributed by atoms with Crippen LogP contribution >= 0.6 is 12.2 Å². The molecule has 0 aromatic heterocycles. The number of nitro groups is 1. The van der Waals surface area contributed by atoms with Crippen LogP contribution in [0.2, 0.25) is 0 Å². The Morgan fingerprint density at radius 2 is 1.76 bits per heavy atom. The van der Waals surface area contributed by atoms with Crippen LogP contribution in [0.15, 0.2) is 48.5 Å². The number of hydrogen-bond acceptors (Lipinski definition) is 6. The molecule has 8 nitrogen and oxygen atoms in total. The van der Waals surface area contributed by atoms with Gasteiger partial charge in [0.15, 0.2) is 5.11 Å². The second-order valence-corrected chi connectivity index (χ2v) is 7.06. The van der Waals surface area contributed by atoms with E-state index < -0.39 is 10.8 Å². The summed E-state index contributed by atoms with van der Waals surface area (Å²) in [6.45, 7) is 7.34. The molecular weight excluding hydrogens is 390 g/mol. The first-order valence-electron chi connectivity index (χ1n) is 9.41. The van der Waals surface area contributed by atoms with E-state index in [0.717, 1.165) is 44.1 Å². The second kappa shape index (κ2) is 9.44. The van der Waals surface area contributed by atoms with Gasteiger partial charge in [0.2, 0.25) is 0 Å². The van der Waals surface area contributed by atoms with Gasteiger partial charge >= 0.3 is 0 Å². The van der Waals surface area contributed by atoms with Gasteiger partial charge in [-0.25, -0.2) is 0 Å². The van der Waals surface area contributed by atoms with Gasteiger partial charge in [0, 0.05) is 43.6 Å². The molecular formula is C20H23N5O3S. The van der Waals surface area contributed by atoms with E-state index in [-0.39, 0.29) is 16.4 Å². The van der Waals surface area contributed by atoms with E-state index in [1.165, 1.54) is 18.2 Å². The minimum Gasteiger partial charge on any atom is -0.369 e. The summed E-state index contributed by atoms with van der Waals surface area (Å²) in [5.74, 6) is -0.625. The van der Waals surface area contributed by atoms with Crippen LogP contribution in [0.3, 0.4) is 0 Å². The number of carbonyl (C=O) groups excluding carboxylic acids is 1. The van der Waals surface area contributed by atoms with Crippen molar-refractivity contribution in [2.75, 3.05) is 42.9 Å². The molecule has 2 N–H and O–H groups in total. The number of para-hydroxylation sites is 1. The van der Waals surface area contributed by atoms with Crippen LogP contribution in [-0.2, 0) is 0 Å². The van der Waals surface area contributed by atoms with Gasteiger partial charge in [-0.2, -0.15) is 0 Å². The number of nitro benzene ring substituents is 1. The molecule has 0 aliphatic carbocycles. The molecule has 0 atom stereocenters. The lowest BCUT2D eigenvalue weighted by molar-refractivity contribution is -0.385. The predicted octanol–water partition coefficient (Wildman–Crippen LogP) is 2.86. The first-order chi connectivity index (χ1) is 14.0. The molecule has 3 rings (SSSR count). The van der Waals surface area contributed by atoms with Crippen molar-refractivity contribution in [2.45, 2.75) is 6.92 Å². The lowest BCUT2D eigenvalue weighted by Crippen LogP contribution is -2.46. The molecule has 2 aromatic rings. The fourth-order valence-corrected chi connectivity index (χ4v) is 3.45. The van der Waals surface area contributed by atoms with Gasteiger partial charge < -0.3 is 15.1 Å². The van der Waals surface area contributed by atoms with Crippen molar-refractivity contribution in [1.82, 2.24) is 10.2 Å². The van der Waals surface area contributed by atoms with Crippen molar-refractivity contribution in [3.8, 4) is 0 Å². The van der Waals surface area contributed by atoms with Gasteiger partial charge in [-0.3, -0.25) is 20.2 Å². The maximum Gasteiger partial charge on any atom is 0.282 e. The third-order valence-electron chi connectivity index (χ3n) is 4.88. The van der Waals surface area contributed by atoms with Crippen molar-refractivity contribution in [3.05, 3.63) is 64.2 Å². The van der Waals surface area contributed by atoms with Gasteiger partial charge in [0.25, 0.3) is 11.6 Å². The van der Waals surface area contributed by atoms with Gasteiger partial charge in [-0.1, -0.05) is 19.1 Å². The van der Waals surface area contributed by atoms with Crippen LogP contribution in [0.25, 0.3) is 0 Å². The summed E-state index contributed by atoms with van der Waals surface area (Å²) in [7, 11) is 0. The minimum atomic E-state index is -0.625. The summed E-state index contributed by atoms with van der Waals surface area (Å²) >= 11 is 5.18. The number of nitrogens with zero attached hydrogens (tertiary/aromatic N) is 3. The number of nitrogens with one attached hydrogen (secondary N) is 2. The van der Waals surface area contributed by atoms with Gasteiger partial charge in [0.05, 0.1) is 4.92 Å². The van der Waals surface area contributed by atoms with E-state index in [4.69, 9.17) is 12.2 Å². The van der Waals surface area contributed by atoms with Crippen molar-refractivity contribution >= 4 is 40.3 Å². The number of amides is 1. The number of thiocarbonyl (C=S) groups is 1.